The average molecular weight is 687 g/mol. The molecule has 1 aliphatic carbocycles. The molecule has 1 rings (SSSR count). The van der Waals surface area contributed by atoms with Crippen molar-refractivity contribution in [3.05, 3.63) is 0 Å². The van der Waals surface area contributed by atoms with Gasteiger partial charge in [0.05, 0.1) is 13.2 Å². The van der Waals surface area contributed by atoms with Gasteiger partial charge in [0.25, 0.3) is 0 Å². The maximum atomic E-state index is 12.5. The van der Waals surface area contributed by atoms with E-state index >= 15 is 0 Å². The highest BCUT2D eigenvalue weighted by molar-refractivity contribution is 5.69. The van der Waals surface area contributed by atoms with Crippen LogP contribution in [0.1, 0.15) is 182 Å². The van der Waals surface area contributed by atoms with Crippen molar-refractivity contribution in [2.45, 2.75) is 218 Å². The topological polar surface area (TPSA) is 126 Å². The quantitative estimate of drug-likeness (QED) is 0.0401. The monoisotopic (exact) mass is 687 g/mol. The summed E-state index contributed by atoms with van der Waals surface area (Å²) in [6.07, 6.45) is 20.8. The molecule has 0 aromatic rings. The van der Waals surface area contributed by atoms with E-state index in [9.17, 15) is 25.2 Å². The van der Waals surface area contributed by atoms with E-state index in [1.807, 2.05) is 0 Å². The molecule has 0 aromatic carbocycles. The highest BCUT2D eigenvalue weighted by Gasteiger charge is 2.52. The lowest BCUT2D eigenvalue weighted by Crippen LogP contribution is -2.41. The van der Waals surface area contributed by atoms with Gasteiger partial charge >= 0.3 is 5.97 Å². The number of ether oxygens (including phenoxy) is 3. The number of aliphatic hydroxyl groups is 4. The summed E-state index contributed by atoms with van der Waals surface area (Å²) in [4.78, 5) is 12.5. The van der Waals surface area contributed by atoms with Gasteiger partial charge in [0.15, 0.2) is 6.10 Å². The van der Waals surface area contributed by atoms with Crippen molar-refractivity contribution in [2.75, 3.05) is 19.8 Å². The second-order valence-electron chi connectivity index (χ2n) is 15.1. The van der Waals surface area contributed by atoms with Crippen molar-refractivity contribution < 1.29 is 39.4 Å². The Morgan fingerprint density at radius 2 is 1.06 bits per heavy atom. The number of hydrogen-bond donors (Lipinski definition) is 4. The van der Waals surface area contributed by atoms with Crippen LogP contribution < -0.4 is 0 Å². The fourth-order valence-corrected chi connectivity index (χ4v) is 6.68. The molecule has 48 heavy (non-hydrogen) atoms. The molecule has 0 aliphatic heterocycles. The fourth-order valence-electron chi connectivity index (χ4n) is 6.68. The molecule has 0 heterocycles. The number of aliphatic hydroxyl groups excluding tert-OH is 4. The summed E-state index contributed by atoms with van der Waals surface area (Å²) < 4.78 is 16.7. The summed E-state index contributed by atoms with van der Waals surface area (Å²) in [5.74, 6) is 1.21. The van der Waals surface area contributed by atoms with Crippen molar-refractivity contribution in [1.82, 2.24) is 0 Å². The first-order valence-corrected chi connectivity index (χ1v) is 20.3. The van der Waals surface area contributed by atoms with Crippen LogP contribution in [0.4, 0.5) is 0 Å². The molecule has 4 N–H and O–H groups in total. The maximum absolute atomic E-state index is 12.5. The molecule has 0 spiro atoms. The molecule has 0 aromatic heterocycles. The molecule has 1 aliphatic rings. The molecular weight excluding hydrogens is 608 g/mol. The molecule has 0 bridgehead atoms. The van der Waals surface area contributed by atoms with Crippen molar-refractivity contribution in [3.8, 4) is 0 Å². The van der Waals surface area contributed by atoms with Gasteiger partial charge in [0, 0.05) is 13.0 Å². The van der Waals surface area contributed by atoms with E-state index in [1.54, 1.807) is 0 Å². The van der Waals surface area contributed by atoms with Crippen LogP contribution >= 0.6 is 0 Å². The van der Waals surface area contributed by atoms with Crippen LogP contribution in [0.2, 0.25) is 0 Å². The standard InChI is InChI=1S/C40H78O8/c1-5-7-8-20-26-33(4)27-22-17-13-11-15-19-24-29-46-30-34(41)31-47-39-37(44)36(43)38(45)40(39)48-35(42)28-23-18-14-10-9-12-16-21-25-32(3)6-2/h32-34,36-41,43-45H,5-31H2,1-4H3/t32?,33?,34-,36?,37-,38+,39?,40?/m0/s1. The Balaban J connectivity index is 2.11. The third kappa shape index (κ3) is 22.1. The zero-order valence-corrected chi connectivity index (χ0v) is 31.6. The Hall–Kier alpha value is -0.770. The molecule has 0 amide bonds. The lowest BCUT2D eigenvalue weighted by atomic mass is 9.96. The molecule has 5 unspecified atom stereocenters. The van der Waals surface area contributed by atoms with Crippen molar-refractivity contribution in [3.63, 3.8) is 0 Å². The molecule has 8 atom stereocenters. The van der Waals surface area contributed by atoms with Crippen LogP contribution in [0.3, 0.4) is 0 Å². The van der Waals surface area contributed by atoms with Crippen LogP contribution in [-0.2, 0) is 19.0 Å². The summed E-state index contributed by atoms with van der Waals surface area (Å²) in [5, 5.41) is 41.3. The van der Waals surface area contributed by atoms with E-state index < -0.39 is 42.6 Å². The molecule has 0 radical (unpaired) electrons. The highest BCUT2D eigenvalue weighted by Crippen LogP contribution is 2.28. The van der Waals surface area contributed by atoms with Crippen LogP contribution in [0.25, 0.3) is 0 Å². The van der Waals surface area contributed by atoms with Crippen LogP contribution in [0.15, 0.2) is 0 Å². The van der Waals surface area contributed by atoms with Gasteiger partial charge in [-0.1, -0.05) is 163 Å². The largest absolute Gasteiger partial charge is 0.457 e. The number of carbonyl (C=O) groups is 1. The minimum Gasteiger partial charge on any atom is -0.457 e. The third-order valence-corrected chi connectivity index (χ3v) is 10.3. The highest BCUT2D eigenvalue weighted by atomic mass is 16.6. The normalized spacial score (nSPS) is 23.0. The Labute approximate surface area is 295 Å². The Morgan fingerprint density at radius 1 is 0.583 bits per heavy atom. The van der Waals surface area contributed by atoms with Crippen LogP contribution in [-0.4, -0.2) is 82.8 Å². The van der Waals surface area contributed by atoms with Gasteiger partial charge in [-0.25, -0.2) is 0 Å². The third-order valence-electron chi connectivity index (χ3n) is 10.3. The molecular formula is C40H78O8. The van der Waals surface area contributed by atoms with E-state index in [0.717, 1.165) is 37.5 Å². The number of unbranched alkanes of at least 4 members (excludes halogenated alkanes) is 16. The minimum absolute atomic E-state index is 0.0903. The second-order valence-corrected chi connectivity index (χ2v) is 15.1. The fraction of sp³-hybridized carbons (Fsp3) is 0.975. The van der Waals surface area contributed by atoms with E-state index in [1.165, 1.54) is 116 Å². The summed E-state index contributed by atoms with van der Waals surface area (Å²) in [6, 6.07) is 0. The molecule has 0 saturated heterocycles. The maximum Gasteiger partial charge on any atom is 0.306 e. The zero-order valence-electron chi connectivity index (χ0n) is 31.6. The molecule has 1 saturated carbocycles. The molecule has 8 heteroatoms. The van der Waals surface area contributed by atoms with Gasteiger partial charge in [0.1, 0.15) is 30.5 Å². The second kappa shape index (κ2) is 29.9. The Kier molecular flexibility index (Phi) is 28.2. The predicted octanol–water partition coefficient (Wildman–Crippen LogP) is 8.43. The predicted molar refractivity (Wildman–Crippen MR) is 195 cm³/mol. The number of rotatable bonds is 33. The summed E-state index contributed by atoms with van der Waals surface area (Å²) in [5.41, 5.74) is 0. The first kappa shape index (κ1) is 45.3. The molecule has 286 valence electrons. The van der Waals surface area contributed by atoms with Crippen molar-refractivity contribution >= 4 is 5.97 Å². The van der Waals surface area contributed by atoms with Crippen LogP contribution in [0, 0.1) is 11.8 Å². The average Bonchev–Trinajstić information content (AvgIpc) is 3.27. The minimum atomic E-state index is -1.49. The van der Waals surface area contributed by atoms with E-state index in [0.29, 0.717) is 13.0 Å². The van der Waals surface area contributed by atoms with Gasteiger partial charge in [0.2, 0.25) is 0 Å². The molecule has 1 fully saturated rings. The van der Waals surface area contributed by atoms with Crippen molar-refractivity contribution in [2.24, 2.45) is 11.8 Å². The van der Waals surface area contributed by atoms with Gasteiger partial charge < -0.3 is 34.6 Å². The van der Waals surface area contributed by atoms with Gasteiger partial charge in [-0.05, 0) is 24.7 Å². The lowest BCUT2D eigenvalue weighted by molar-refractivity contribution is -0.168. The Morgan fingerprint density at radius 3 is 1.62 bits per heavy atom. The van der Waals surface area contributed by atoms with Gasteiger partial charge in [-0.2, -0.15) is 0 Å². The summed E-state index contributed by atoms with van der Waals surface area (Å²) in [6.45, 7) is 9.73. The molecule has 8 nitrogen and oxygen atoms in total. The number of esters is 1. The summed E-state index contributed by atoms with van der Waals surface area (Å²) in [7, 11) is 0. The van der Waals surface area contributed by atoms with E-state index in [2.05, 4.69) is 27.7 Å². The lowest BCUT2D eigenvalue weighted by Gasteiger charge is -2.24. The zero-order chi connectivity index (χ0) is 35.4. The van der Waals surface area contributed by atoms with Gasteiger partial charge in [-0.3, -0.25) is 4.79 Å². The smallest absolute Gasteiger partial charge is 0.306 e. The van der Waals surface area contributed by atoms with Crippen LogP contribution in [0.5, 0.6) is 0 Å². The number of carbonyl (C=O) groups excluding carboxylic acids is 1. The van der Waals surface area contributed by atoms with E-state index in [-0.39, 0.29) is 19.6 Å². The van der Waals surface area contributed by atoms with Gasteiger partial charge in [-0.15, -0.1) is 0 Å². The SMILES string of the molecule is CCCCCCC(C)CCCCCCCCCOC[C@H](O)COC1C(OC(=O)CCCCCCCCCCC(C)CC)[C@H](O)C(O)[C@@H]1O. The van der Waals surface area contributed by atoms with Crippen molar-refractivity contribution in [1.29, 1.82) is 0 Å². The first-order valence-electron chi connectivity index (χ1n) is 20.3. The summed E-state index contributed by atoms with van der Waals surface area (Å²) >= 11 is 0. The van der Waals surface area contributed by atoms with E-state index in [4.69, 9.17) is 14.2 Å². The first-order chi connectivity index (χ1) is 23.2. The number of hydrogen-bond acceptors (Lipinski definition) is 8. The Bertz CT molecular complexity index is 736.